The fraction of sp³-hybridized carbons (Fsp3) is 0.500. The molecule has 0 aliphatic carbocycles. The number of para-hydroxylation sites is 1. The molecule has 0 radical (unpaired) electrons. The van der Waals surface area contributed by atoms with E-state index in [0.29, 0.717) is 12.3 Å². The first-order valence-corrected chi connectivity index (χ1v) is 5.99. The highest BCUT2D eigenvalue weighted by atomic mass is 16.6. The Morgan fingerprint density at radius 1 is 1.56 bits per heavy atom. The molecule has 18 heavy (non-hydrogen) atoms. The van der Waals surface area contributed by atoms with E-state index in [9.17, 15) is 10.1 Å². The first kappa shape index (κ1) is 12.6. The number of nitrogens with one attached hydrogen (secondary N) is 1. The molecule has 1 aromatic carbocycles. The second-order valence-corrected chi connectivity index (χ2v) is 4.55. The van der Waals surface area contributed by atoms with E-state index in [2.05, 4.69) is 5.32 Å². The zero-order chi connectivity index (χ0) is 13.1. The second-order valence-electron chi connectivity index (χ2n) is 4.55. The van der Waals surface area contributed by atoms with Gasteiger partial charge in [-0.15, -0.1) is 0 Å². The molecule has 1 aromatic rings. The van der Waals surface area contributed by atoms with Crippen molar-refractivity contribution in [1.82, 2.24) is 0 Å². The van der Waals surface area contributed by atoms with Gasteiger partial charge in [0.2, 0.25) is 0 Å². The summed E-state index contributed by atoms with van der Waals surface area (Å²) >= 11 is 0. The second kappa shape index (κ2) is 5.22. The minimum Gasteiger partial charge on any atom is -0.393 e. The predicted octanol–water partition coefficient (Wildman–Crippen LogP) is 2.16. The number of ether oxygens (including phenoxy) is 1. The van der Waals surface area contributed by atoms with Crippen LogP contribution in [0.25, 0.3) is 0 Å². The molecule has 2 atom stereocenters. The van der Waals surface area contributed by atoms with E-state index in [1.807, 2.05) is 6.92 Å². The van der Waals surface area contributed by atoms with Gasteiger partial charge in [-0.1, -0.05) is 6.07 Å². The first-order valence-electron chi connectivity index (χ1n) is 5.99. The van der Waals surface area contributed by atoms with Gasteiger partial charge in [0.25, 0.3) is 0 Å². The van der Waals surface area contributed by atoms with Gasteiger partial charge < -0.3 is 15.8 Å². The van der Waals surface area contributed by atoms with Crippen LogP contribution < -0.4 is 11.1 Å². The molecule has 2 rings (SSSR count). The minimum atomic E-state index is -0.444. The highest BCUT2D eigenvalue weighted by molar-refractivity contribution is 5.74. The van der Waals surface area contributed by atoms with Gasteiger partial charge in [-0.3, -0.25) is 10.1 Å². The summed E-state index contributed by atoms with van der Waals surface area (Å²) in [6.45, 7) is 2.68. The van der Waals surface area contributed by atoms with Gasteiger partial charge in [0.1, 0.15) is 11.4 Å². The van der Waals surface area contributed by atoms with Crippen LogP contribution in [0, 0.1) is 10.1 Å². The Morgan fingerprint density at radius 2 is 2.33 bits per heavy atom. The third-order valence-corrected chi connectivity index (χ3v) is 3.09. The Labute approximate surface area is 105 Å². The lowest BCUT2D eigenvalue weighted by atomic mass is 10.0. The molecule has 0 amide bonds. The maximum atomic E-state index is 11.0. The van der Waals surface area contributed by atoms with Crippen molar-refractivity contribution in [3.05, 3.63) is 28.3 Å². The summed E-state index contributed by atoms with van der Waals surface area (Å²) < 4.78 is 5.45. The fourth-order valence-corrected chi connectivity index (χ4v) is 2.23. The van der Waals surface area contributed by atoms with Gasteiger partial charge in [-0.05, 0) is 31.9 Å². The summed E-state index contributed by atoms with van der Waals surface area (Å²) in [4.78, 5) is 10.6. The smallest absolute Gasteiger partial charge is 0.314 e. The van der Waals surface area contributed by atoms with Crippen LogP contribution in [0.5, 0.6) is 0 Å². The van der Waals surface area contributed by atoms with Gasteiger partial charge >= 0.3 is 5.69 Å². The summed E-state index contributed by atoms with van der Waals surface area (Å²) in [5.74, 6) is 0. The minimum absolute atomic E-state index is 0.0448. The highest BCUT2D eigenvalue weighted by Gasteiger charge is 2.23. The van der Waals surface area contributed by atoms with Crippen molar-refractivity contribution in [2.75, 3.05) is 17.7 Å². The van der Waals surface area contributed by atoms with Gasteiger partial charge in [0.15, 0.2) is 0 Å². The van der Waals surface area contributed by atoms with Crippen LogP contribution in [-0.4, -0.2) is 23.7 Å². The number of benzene rings is 1. The number of nitro benzene ring substituents is 1. The number of hydrogen-bond donors (Lipinski definition) is 2. The van der Waals surface area contributed by atoms with Crippen LogP contribution in [0.3, 0.4) is 0 Å². The normalized spacial score (nSPS) is 23.6. The summed E-state index contributed by atoms with van der Waals surface area (Å²) in [6.07, 6.45) is 1.86. The maximum Gasteiger partial charge on any atom is 0.314 e. The van der Waals surface area contributed by atoms with E-state index in [0.717, 1.165) is 12.8 Å². The average Bonchev–Trinajstić information content (AvgIpc) is 2.28. The topological polar surface area (TPSA) is 90.4 Å². The van der Waals surface area contributed by atoms with Gasteiger partial charge in [0, 0.05) is 12.6 Å². The molecule has 0 spiro atoms. The Hall–Kier alpha value is -1.82. The molecule has 3 N–H and O–H groups in total. The van der Waals surface area contributed by atoms with Crippen LogP contribution in [0.4, 0.5) is 17.1 Å². The number of nitro groups is 1. The average molecular weight is 251 g/mol. The molecular weight excluding hydrogens is 234 g/mol. The monoisotopic (exact) mass is 251 g/mol. The highest BCUT2D eigenvalue weighted by Crippen LogP contribution is 2.32. The van der Waals surface area contributed by atoms with E-state index in [4.69, 9.17) is 10.5 Å². The molecule has 0 bridgehead atoms. The summed E-state index contributed by atoms with van der Waals surface area (Å²) in [5, 5.41) is 14.2. The first-order chi connectivity index (χ1) is 8.58. The zero-order valence-corrected chi connectivity index (χ0v) is 10.3. The van der Waals surface area contributed by atoms with Crippen molar-refractivity contribution >= 4 is 17.1 Å². The van der Waals surface area contributed by atoms with Crippen molar-refractivity contribution in [1.29, 1.82) is 0 Å². The lowest BCUT2D eigenvalue weighted by Gasteiger charge is -2.28. The molecule has 6 heteroatoms. The van der Waals surface area contributed by atoms with Crippen molar-refractivity contribution < 1.29 is 9.66 Å². The molecule has 1 saturated heterocycles. The predicted molar refractivity (Wildman–Crippen MR) is 69.6 cm³/mol. The number of anilines is 2. The fourth-order valence-electron chi connectivity index (χ4n) is 2.23. The number of nitrogen functional groups attached to an aromatic ring is 1. The number of nitrogens with zero attached hydrogens (tertiary/aromatic N) is 1. The molecule has 6 nitrogen and oxygen atoms in total. The van der Waals surface area contributed by atoms with Gasteiger partial charge in [0.05, 0.1) is 11.0 Å². The Bertz CT molecular complexity index is 450. The van der Waals surface area contributed by atoms with E-state index in [-0.39, 0.29) is 23.5 Å². The number of rotatable bonds is 3. The Kier molecular flexibility index (Phi) is 3.66. The molecule has 98 valence electrons. The van der Waals surface area contributed by atoms with Crippen LogP contribution in [0.1, 0.15) is 19.8 Å². The summed E-state index contributed by atoms with van der Waals surface area (Å²) in [5.41, 5.74) is 6.27. The molecule has 1 aliphatic heterocycles. The zero-order valence-electron chi connectivity index (χ0n) is 10.3. The lowest BCUT2D eigenvalue weighted by molar-refractivity contribution is -0.383. The van der Waals surface area contributed by atoms with Gasteiger partial charge in [-0.2, -0.15) is 0 Å². The van der Waals surface area contributed by atoms with Crippen molar-refractivity contribution in [2.45, 2.75) is 31.9 Å². The Balaban J connectivity index is 2.18. The Morgan fingerprint density at radius 3 is 3.00 bits per heavy atom. The molecule has 0 aromatic heterocycles. The van der Waals surface area contributed by atoms with E-state index >= 15 is 0 Å². The van der Waals surface area contributed by atoms with E-state index in [1.165, 1.54) is 6.07 Å². The van der Waals surface area contributed by atoms with Crippen molar-refractivity contribution in [3.8, 4) is 0 Å². The van der Waals surface area contributed by atoms with Crippen molar-refractivity contribution in [3.63, 3.8) is 0 Å². The molecule has 1 fully saturated rings. The summed E-state index contributed by atoms with van der Waals surface area (Å²) in [6, 6.07) is 5.13. The number of hydrogen-bond acceptors (Lipinski definition) is 5. The standard InChI is InChI=1S/C12H17N3O3/c1-8-7-9(5-6-18-8)14-11-4-2-3-10(13)12(11)15(16)17/h2-4,8-9,14H,5-7,13H2,1H3. The van der Waals surface area contributed by atoms with Crippen LogP contribution in [0.15, 0.2) is 18.2 Å². The number of nitrogens with two attached hydrogens (primary N) is 1. The van der Waals surface area contributed by atoms with E-state index < -0.39 is 4.92 Å². The molecule has 2 unspecified atom stereocenters. The van der Waals surface area contributed by atoms with Crippen molar-refractivity contribution in [2.24, 2.45) is 0 Å². The largest absolute Gasteiger partial charge is 0.393 e. The third-order valence-electron chi connectivity index (χ3n) is 3.09. The molecule has 1 heterocycles. The summed E-state index contributed by atoms with van der Waals surface area (Å²) in [7, 11) is 0. The maximum absolute atomic E-state index is 11.0. The van der Waals surface area contributed by atoms with Gasteiger partial charge in [-0.25, -0.2) is 0 Å². The molecule has 0 saturated carbocycles. The SMILES string of the molecule is CC1CC(Nc2cccc(N)c2[N+](=O)[O-])CCO1. The molecular formula is C12H17N3O3. The third kappa shape index (κ3) is 2.70. The lowest BCUT2D eigenvalue weighted by Crippen LogP contribution is -2.32. The molecule has 1 aliphatic rings. The van der Waals surface area contributed by atoms with Crippen LogP contribution in [0.2, 0.25) is 0 Å². The van der Waals surface area contributed by atoms with E-state index in [1.54, 1.807) is 12.1 Å². The van der Waals surface area contributed by atoms with Crippen LogP contribution in [-0.2, 0) is 4.74 Å². The quantitative estimate of drug-likeness (QED) is 0.488. The van der Waals surface area contributed by atoms with Crippen LogP contribution >= 0.6 is 0 Å².